The predicted molar refractivity (Wildman–Crippen MR) is 99.4 cm³/mol. The van der Waals surface area contributed by atoms with Crippen LogP contribution in [0.2, 0.25) is 0 Å². The molecule has 0 unspecified atom stereocenters. The van der Waals surface area contributed by atoms with E-state index in [1.165, 1.54) is 6.07 Å². The highest BCUT2D eigenvalue weighted by Crippen LogP contribution is 2.52. The van der Waals surface area contributed by atoms with Crippen LogP contribution in [0.4, 0.5) is 5.69 Å². The number of nitro groups is 1. The maximum Gasteiger partial charge on any atom is 0.345 e. The van der Waals surface area contributed by atoms with Gasteiger partial charge in [-0.2, -0.15) is 0 Å². The first-order valence-corrected chi connectivity index (χ1v) is 9.22. The first-order chi connectivity index (χ1) is 12.5. The third-order valence-electron chi connectivity index (χ3n) is 5.70. The molecule has 1 amide bonds. The number of esters is 1. The maximum atomic E-state index is 12.7. The Kier molecular flexibility index (Phi) is 4.74. The van der Waals surface area contributed by atoms with Gasteiger partial charge in [-0.3, -0.25) is 14.9 Å². The molecule has 1 aromatic rings. The van der Waals surface area contributed by atoms with Crippen LogP contribution in [0.1, 0.15) is 56.0 Å². The molecule has 2 aliphatic rings. The molecule has 2 fully saturated rings. The number of nitrogens with zero attached hydrogens (tertiary/aromatic N) is 2. The molecule has 3 rings (SSSR count). The Morgan fingerprint density at radius 1 is 1.30 bits per heavy atom. The van der Waals surface area contributed by atoms with Gasteiger partial charge in [0.15, 0.2) is 6.61 Å². The molecule has 1 aromatic carbocycles. The van der Waals surface area contributed by atoms with Crippen molar-refractivity contribution in [1.29, 1.82) is 0 Å². The molecule has 1 saturated carbocycles. The zero-order chi connectivity index (χ0) is 20.0. The van der Waals surface area contributed by atoms with Gasteiger partial charge in [0.05, 0.1) is 4.92 Å². The molecule has 0 radical (unpaired) electrons. The lowest BCUT2D eigenvalue weighted by Crippen LogP contribution is -2.39. The number of likely N-dealkylation sites (tertiary alicyclic amines) is 1. The van der Waals surface area contributed by atoms with E-state index in [1.807, 2.05) is 4.90 Å². The highest BCUT2D eigenvalue weighted by atomic mass is 16.6. The van der Waals surface area contributed by atoms with Crippen LogP contribution in [0.5, 0.6) is 0 Å². The summed E-state index contributed by atoms with van der Waals surface area (Å²) < 4.78 is 5.15. The fourth-order valence-electron chi connectivity index (χ4n) is 5.11. The third-order valence-corrected chi connectivity index (χ3v) is 5.70. The molecule has 2 bridgehead atoms. The van der Waals surface area contributed by atoms with Crippen LogP contribution < -0.4 is 0 Å². The van der Waals surface area contributed by atoms with Crippen molar-refractivity contribution in [3.05, 3.63) is 39.4 Å². The van der Waals surface area contributed by atoms with E-state index in [9.17, 15) is 19.7 Å². The minimum atomic E-state index is -0.840. The molecule has 146 valence electrons. The summed E-state index contributed by atoms with van der Waals surface area (Å²) >= 11 is 0. The van der Waals surface area contributed by atoms with Crippen molar-refractivity contribution >= 4 is 17.6 Å². The van der Waals surface area contributed by atoms with E-state index in [1.54, 1.807) is 19.1 Å². The van der Waals surface area contributed by atoms with Gasteiger partial charge in [0.1, 0.15) is 5.56 Å². The number of rotatable bonds is 4. The average molecular weight is 374 g/mol. The zero-order valence-corrected chi connectivity index (χ0v) is 16.3. The van der Waals surface area contributed by atoms with E-state index in [4.69, 9.17) is 4.74 Å². The maximum absolute atomic E-state index is 12.7. The van der Waals surface area contributed by atoms with Gasteiger partial charge in [0.25, 0.3) is 11.6 Å². The topological polar surface area (TPSA) is 89.8 Å². The lowest BCUT2D eigenvalue weighted by molar-refractivity contribution is -0.385. The molecule has 0 N–H and O–H groups in total. The van der Waals surface area contributed by atoms with Gasteiger partial charge in [0, 0.05) is 18.2 Å². The van der Waals surface area contributed by atoms with Crippen molar-refractivity contribution < 1.29 is 19.2 Å². The molecular formula is C20H26N2O5. The number of para-hydroxylation sites is 1. The zero-order valence-electron chi connectivity index (χ0n) is 16.3. The monoisotopic (exact) mass is 374 g/mol. The second-order valence-corrected chi connectivity index (χ2v) is 9.04. The summed E-state index contributed by atoms with van der Waals surface area (Å²) in [6, 6.07) is 4.64. The van der Waals surface area contributed by atoms with E-state index in [0.717, 1.165) is 19.3 Å². The van der Waals surface area contributed by atoms with Gasteiger partial charge in [-0.05, 0) is 43.1 Å². The van der Waals surface area contributed by atoms with Crippen LogP contribution >= 0.6 is 0 Å². The highest BCUT2D eigenvalue weighted by molar-refractivity contribution is 5.95. The van der Waals surface area contributed by atoms with Gasteiger partial charge < -0.3 is 9.64 Å². The van der Waals surface area contributed by atoms with E-state index in [2.05, 4.69) is 20.8 Å². The van der Waals surface area contributed by atoms with Crippen molar-refractivity contribution in [1.82, 2.24) is 4.90 Å². The van der Waals surface area contributed by atoms with Crippen LogP contribution in [0, 0.1) is 27.9 Å². The van der Waals surface area contributed by atoms with Crippen LogP contribution in [0.25, 0.3) is 0 Å². The first kappa shape index (κ1) is 19.3. The Labute approximate surface area is 158 Å². The van der Waals surface area contributed by atoms with Crippen molar-refractivity contribution in [3.63, 3.8) is 0 Å². The normalized spacial score (nSPS) is 25.9. The number of aryl methyl sites for hydroxylation is 1. The molecule has 1 saturated heterocycles. The molecule has 0 spiro atoms. The SMILES string of the molecule is Cc1cccc(C(=O)OCC(=O)N2C[C@]3(C)C[C@H]2CC(C)(C)C3)c1[N+](=O)[O-]. The van der Waals surface area contributed by atoms with E-state index >= 15 is 0 Å². The average Bonchev–Trinajstić information content (AvgIpc) is 2.80. The number of fused-ring (bicyclic) bond motifs is 2. The van der Waals surface area contributed by atoms with Crippen LogP contribution in [0.3, 0.4) is 0 Å². The number of carbonyl (C=O) groups is 2. The van der Waals surface area contributed by atoms with E-state index in [-0.39, 0.29) is 34.0 Å². The molecule has 7 nitrogen and oxygen atoms in total. The summed E-state index contributed by atoms with van der Waals surface area (Å²) in [4.78, 5) is 37.5. The second-order valence-electron chi connectivity index (χ2n) is 9.04. The molecule has 0 aromatic heterocycles. The van der Waals surface area contributed by atoms with Crippen molar-refractivity contribution in [2.24, 2.45) is 10.8 Å². The fraction of sp³-hybridized carbons (Fsp3) is 0.600. The van der Waals surface area contributed by atoms with Crippen molar-refractivity contribution in [2.75, 3.05) is 13.2 Å². The summed E-state index contributed by atoms with van der Waals surface area (Å²) in [5.74, 6) is -1.07. The summed E-state index contributed by atoms with van der Waals surface area (Å²) in [5.41, 5.74) is 0.263. The molecule has 27 heavy (non-hydrogen) atoms. The minimum absolute atomic E-state index is 0.0986. The van der Waals surface area contributed by atoms with Crippen molar-refractivity contribution in [2.45, 2.75) is 53.0 Å². The summed E-state index contributed by atoms with van der Waals surface area (Å²) in [6.45, 7) is 8.49. The molecule has 2 atom stereocenters. The number of carbonyl (C=O) groups excluding carboxylic acids is 2. The Morgan fingerprint density at radius 2 is 2.00 bits per heavy atom. The summed E-state index contributed by atoms with van der Waals surface area (Å²) in [7, 11) is 0. The first-order valence-electron chi connectivity index (χ1n) is 9.22. The number of ether oxygens (including phenoxy) is 1. The number of nitro benzene ring substituents is 1. The standard InChI is InChI=1S/C20H26N2O5/c1-13-6-5-7-15(17(13)22(25)26)18(24)27-10-16(23)21-12-20(4)9-14(21)8-19(2,3)11-20/h5-7,14H,8-12H2,1-4H3/t14-,20-/m1/s1. The third kappa shape index (κ3) is 3.82. The number of amides is 1. The number of hydrogen-bond acceptors (Lipinski definition) is 5. The van der Waals surface area contributed by atoms with Crippen LogP contribution in [-0.4, -0.2) is 40.9 Å². The second kappa shape index (κ2) is 6.62. The van der Waals surface area contributed by atoms with Crippen LogP contribution in [-0.2, 0) is 9.53 Å². The molecule has 1 aliphatic carbocycles. The molecular weight excluding hydrogens is 348 g/mol. The van der Waals surface area contributed by atoms with Gasteiger partial charge in [-0.25, -0.2) is 4.79 Å². The van der Waals surface area contributed by atoms with Crippen LogP contribution in [0.15, 0.2) is 18.2 Å². The number of hydrogen-bond donors (Lipinski definition) is 0. The lowest BCUT2D eigenvalue weighted by atomic mass is 9.65. The Bertz CT molecular complexity index is 804. The largest absolute Gasteiger partial charge is 0.452 e. The summed E-state index contributed by atoms with van der Waals surface area (Å²) in [6.07, 6.45) is 2.97. The highest BCUT2D eigenvalue weighted by Gasteiger charge is 2.51. The summed E-state index contributed by atoms with van der Waals surface area (Å²) in [5, 5.41) is 11.2. The molecule has 1 heterocycles. The van der Waals surface area contributed by atoms with E-state index in [0.29, 0.717) is 12.1 Å². The minimum Gasteiger partial charge on any atom is -0.452 e. The Hall–Kier alpha value is -2.44. The Balaban J connectivity index is 1.68. The van der Waals surface area contributed by atoms with E-state index < -0.39 is 17.5 Å². The fourth-order valence-corrected chi connectivity index (χ4v) is 5.11. The molecule has 7 heteroatoms. The van der Waals surface area contributed by atoms with Gasteiger partial charge in [-0.1, -0.05) is 32.9 Å². The van der Waals surface area contributed by atoms with Gasteiger partial charge >= 0.3 is 5.97 Å². The molecule has 1 aliphatic heterocycles. The lowest BCUT2D eigenvalue weighted by Gasteiger charge is -2.39. The Morgan fingerprint density at radius 3 is 2.67 bits per heavy atom. The predicted octanol–water partition coefficient (Wildman–Crippen LogP) is 3.49. The van der Waals surface area contributed by atoms with Crippen molar-refractivity contribution in [3.8, 4) is 0 Å². The van der Waals surface area contributed by atoms with Gasteiger partial charge in [0.2, 0.25) is 0 Å². The smallest absolute Gasteiger partial charge is 0.345 e. The van der Waals surface area contributed by atoms with Gasteiger partial charge in [-0.15, -0.1) is 0 Å². The number of benzene rings is 1. The quantitative estimate of drug-likeness (QED) is 0.457.